The number of carbonyl (C=O) groups is 1. The molecule has 0 atom stereocenters. The number of ether oxygens (including phenoxy) is 3. The largest absolute Gasteiger partial charge is 0.494 e. The topological polar surface area (TPSA) is 69.7 Å². The zero-order chi connectivity index (χ0) is 17.2. The molecule has 2 aromatic rings. The summed E-state index contributed by atoms with van der Waals surface area (Å²) in [5, 5.41) is 5.18. The lowest BCUT2D eigenvalue weighted by molar-refractivity contribution is -0.121. The molecule has 1 amide bonds. The average molecular weight is 350 g/mol. The van der Waals surface area contributed by atoms with E-state index in [1.165, 1.54) is 11.3 Å². The standard InChI is InChI=1S/C17H22N2O4S/c1-3-8-23-14-6-4-13(5-7-14)15-12-24-17(18-15)19-16(20)11-22-10-9-21-2/h4-7,12H,3,8-11H2,1-2H3,(H,18,19,20). The number of methoxy groups -OCH3 is 1. The van der Waals surface area contributed by atoms with Gasteiger partial charge in [0.1, 0.15) is 12.4 Å². The molecular formula is C17H22N2O4S. The molecule has 0 saturated heterocycles. The highest BCUT2D eigenvalue weighted by atomic mass is 32.1. The Morgan fingerprint density at radius 2 is 2.00 bits per heavy atom. The van der Waals surface area contributed by atoms with Gasteiger partial charge in [-0.2, -0.15) is 0 Å². The lowest BCUT2D eigenvalue weighted by atomic mass is 10.2. The summed E-state index contributed by atoms with van der Waals surface area (Å²) in [6.07, 6.45) is 0.978. The number of nitrogens with zero attached hydrogens (tertiary/aromatic N) is 1. The van der Waals surface area contributed by atoms with Crippen LogP contribution >= 0.6 is 11.3 Å². The third-order valence-corrected chi connectivity index (χ3v) is 3.80. The number of aromatic nitrogens is 1. The molecule has 0 bridgehead atoms. The highest BCUT2D eigenvalue weighted by molar-refractivity contribution is 7.14. The second kappa shape index (κ2) is 10.0. The molecule has 1 N–H and O–H groups in total. The lowest BCUT2D eigenvalue weighted by Crippen LogP contribution is -2.19. The summed E-state index contributed by atoms with van der Waals surface area (Å²) in [4.78, 5) is 16.2. The number of hydrogen-bond donors (Lipinski definition) is 1. The fourth-order valence-electron chi connectivity index (χ4n) is 1.87. The van der Waals surface area contributed by atoms with E-state index >= 15 is 0 Å². The van der Waals surface area contributed by atoms with Gasteiger partial charge >= 0.3 is 0 Å². The van der Waals surface area contributed by atoms with Crippen LogP contribution in [0.4, 0.5) is 5.13 Å². The Bertz CT molecular complexity index is 628. The van der Waals surface area contributed by atoms with Crippen LogP contribution < -0.4 is 10.1 Å². The normalized spacial score (nSPS) is 10.6. The van der Waals surface area contributed by atoms with Crippen molar-refractivity contribution in [3.8, 4) is 17.0 Å². The first-order chi connectivity index (χ1) is 11.7. The van der Waals surface area contributed by atoms with Crippen LogP contribution in [0.2, 0.25) is 0 Å². The van der Waals surface area contributed by atoms with Crippen molar-refractivity contribution in [2.75, 3.05) is 38.9 Å². The van der Waals surface area contributed by atoms with Crippen LogP contribution in [0.5, 0.6) is 5.75 Å². The number of benzene rings is 1. The van der Waals surface area contributed by atoms with Gasteiger partial charge in [-0.3, -0.25) is 10.1 Å². The van der Waals surface area contributed by atoms with E-state index in [4.69, 9.17) is 14.2 Å². The molecule has 0 radical (unpaired) electrons. The van der Waals surface area contributed by atoms with Gasteiger partial charge in [0, 0.05) is 18.1 Å². The van der Waals surface area contributed by atoms with E-state index in [1.54, 1.807) is 7.11 Å². The summed E-state index contributed by atoms with van der Waals surface area (Å²) in [5.41, 5.74) is 1.80. The molecule has 0 aliphatic carbocycles. The van der Waals surface area contributed by atoms with E-state index in [9.17, 15) is 4.79 Å². The van der Waals surface area contributed by atoms with E-state index < -0.39 is 0 Å². The molecule has 0 spiro atoms. The van der Waals surface area contributed by atoms with Gasteiger partial charge in [0.2, 0.25) is 0 Å². The molecule has 0 fully saturated rings. The summed E-state index contributed by atoms with van der Waals surface area (Å²) in [6, 6.07) is 7.76. The molecule has 24 heavy (non-hydrogen) atoms. The molecule has 0 aliphatic heterocycles. The first-order valence-electron chi connectivity index (χ1n) is 7.78. The van der Waals surface area contributed by atoms with Crippen molar-refractivity contribution in [3.05, 3.63) is 29.6 Å². The van der Waals surface area contributed by atoms with Gasteiger partial charge in [-0.1, -0.05) is 6.92 Å². The number of rotatable bonds is 10. The lowest BCUT2D eigenvalue weighted by Gasteiger charge is -2.05. The monoisotopic (exact) mass is 350 g/mol. The molecule has 1 aromatic heterocycles. The van der Waals surface area contributed by atoms with Gasteiger partial charge in [0.05, 0.1) is 25.5 Å². The van der Waals surface area contributed by atoms with Gasteiger partial charge in [0.15, 0.2) is 5.13 Å². The molecule has 1 aromatic carbocycles. The van der Waals surface area contributed by atoms with Crippen molar-refractivity contribution >= 4 is 22.4 Å². The molecule has 0 aliphatic rings. The molecule has 0 saturated carbocycles. The van der Waals surface area contributed by atoms with Crippen molar-refractivity contribution in [1.82, 2.24) is 4.98 Å². The maximum atomic E-state index is 11.7. The van der Waals surface area contributed by atoms with Crippen molar-refractivity contribution in [3.63, 3.8) is 0 Å². The average Bonchev–Trinajstić information content (AvgIpc) is 3.06. The Morgan fingerprint density at radius 1 is 1.21 bits per heavy atom. The molecule has 7 heteroatoms. The fraction of sp³-hybridized carbons (Fsp3) is 0.412. The Hall–Kier alpha value is -1.96. The zero-order valence-electron chi connectivity index (χ0n) is 13.9. The summed E-state index contributed by atoms with van der Waals surface area (Å²) in [6.45, 7) is 3.62. The maximum Gasteiger partial charge on any atom is 0.252 e. The van der Waals surface area contributed by atoms with E-state index in [-0.39, 0.29) is 12.5 Å². The maximum absolute atomic E-state index is 11.7. The number of nitrogens with one attached hydrogen (secondary N) is 1. The van der Waals surface area contributed by atoms with Crippen LogP contribution in [0.25, 0.3) is 11.3 Å². The van der Waals surface area contributed by atoms with E-state index in [1.807, 2.05) is 29.6 Å². The minimum atomic E-state index is -0.227. The van der Waals surface area contributed by atoms with Gasteiger partial charge in [0.25, 0.3) is 5.91 Å². The number of thiazole rings is 1. The molecule has 0 unspecified atom stereocenters. The Morgan fingerprint density at radius 3 is 2.71 bits per heavy atom. The molecule has 1 heterocycles. The van der Waals surface area contributed by atoms with E-state index in [2.05, 4.69) is 17.2 Å². The second-order valence-corrected chi connectivity index (χ2v) is 5.86. The molecular weight excluding hydrogens is 328 g/mol. The Labute approximate surface area is 145 Å². The Kier molecular flexibility index (Phi) is 7.67. The van der Waals surface area contributed by atoms with Crippen LogP contribution in [0.1, 0.15) is 13.3 Å². The summed E-state index contributed by atoms with van der Waals surface area (Å²) in [5.74, 6) is 0.618. The molecule has 2 rings (SSSR count). The van der Waals surface area contributed by atoms with Crippen molar-refractivity contribution in [2.24, 2.45) is 0 Å². The van der Waals surface area contributed by atoms with Crippen LogP contribution in [-0.2, 0) is 14.3 Å². The first kappa shape index (κ1) is 18.4. The van der Waals surface area contributed by atoms with Crippen molar-refractivity contribution < 1.29 is 19.0 Å². The van der Waals surface area contributed by atoms with Crippen LogP contribution in [-0.4, -0.2) is 44.4 Å². The highest BCUT2D eigenvalue weighted by Gasteiger charge is 2.08. The number of carbonyl (C=O) groups excluding carboxylic acids is 1. The third-order valence-electron chi connectivity index (χ3n) is 3.04. The van der Waals surface area contributed by atoms with E-state index in [0.717, 1.165) is 23.4 Å². The quantitative estimate of drug-likeness (QED) is 0.666. The van der Waals surface area contributed by atoms with Crippen LogP contribution in [0, 0.1) is 0 Å². The SMILES string of the molecule is CCCOc1ccc(-c2csc(NC(=O)COCCOC)n2)cc1. The van der Waals surface area contributed by atoms with Gasteiger partial charge in [-0.25, -0.2) is 4.98 Å². The number of amides is 1. The predicted molar refractivity (Wildman–Crippen MR) is 94.7 cm³/mol. The fourth-order valence-corrected chi connectivity index (χ4v) is 2.60. The highest BCUT2D eigenvalue weighted by Crippen LogP contribution is 2.26. The van der Waals surface area contributed by atoms with Crippen molar-refractivity contribution in [2.45, 2.75) is 13.3 Å². The zero-order valence-corrected chi connectivity index (χ0v) is 14.7. The summed E-state index contributed by atoms with van der Waals surface area (Å²) >= 11 is 1.38. The summed E-state index contributed by atoms with van der Waals surface area (Å²) < 4.78 is 15.6. The second-order valence-electron chi connectivity index (χ2n) is 5.00. The predicted octanol–water partition coefficient (Wildman–Crippen LogP) is 3.20. The Balaban J connectivity index is 1.87. The van der Waals surface area contributed by atoms with Gasteiger partial charge < -0.3 is 14.2 Å². The number of anilines is 1. The van der Waals surface area contributed by atoms with Gasteiger partial charge in [-0.05, 0) is 30.7 Å². The smallest absolute Gasteiger partial charge is 0.252 e. The first-order valence-corrected chi connectivity index (χ1v) is 8.66. The summed E-state index contributed by atoms with van der Waals surface area (Å²) in [7, 11) is 1.59. The van der Waals surface area contributed by atoms with Crippen LogP contribution in [0.15, 0.2) is 29.6 Å². The molecule has 130 valence electrons. The minimum Gasteiger partial charge on any atom is -0.494 e. The molecule has 6 nitrogen and oxygen atoms in total. The number of hydrogen-bond acceptors (Lipinski definition) is 6. The minimum absolute atomic E-state index is 0.0122. The van der Waals surface area contributed by atoms with Crippen molar-refractivity contribution in [1.29, 1.82) is 0 Å². The van der Waals surface area contributed by atoms with Gasteiger partial charge in [-0.15, -0.1) is 11.3 Å². The third kappa shape index (κ3) is 5.92. The van der Waals surface area contributed by atoms with E-state index in [0.29, 0.717) is 25.0 Å². The van der Waals surface area contributed by atoms with Crippen LogP contribution in [0.3, 0.4) is 0 Å².